The fourth-order valence-corrected chi connectivity index (χ4v) is 6.34. The second kappa shape index (κ2) is 10.7. The number of fused-ring (bicyclic) bond motifs is 1. The second-order valence-electron chi connectivity index (χ2n) is 8.34. The summed E-state index contributed by atoms with van der Waals surface area (Å²) in [7, 11) is -3.57. The van der Waals surface area contributed by atoms with Crippen molar-refractivity contribution in [2.75, 3.05) is 26.4 Å². The molecule has 6 atom stereocenters. The van der Waals surface area contributed by atoms with Crippen LogP contribution in [0.25, 0.3) is 0 Å². The lowest BCUT2D eigenvalue weighted by Gasteiger charge is -2.34. The summed E-state index contributed by atoms with van der Waals surface area (Å²) in [5.74, 6) is -2.79. The van der Waals surface area contributed by atoms with Gasteiger partial charge in [0.1, 0.15) is 30.7 Å². The minimum absolute atomic E-state index is 0.200. The molecule has 190 valence electrons. The van der Waals surface area contributed by atoms with Crippen LogP contribution in [-0.4, -0.2) is 85.6 Å². The molecule has 0 aromatic heterocycles. The molecule has 0 bridgehead atoms. The van der Waals surface area contributed by atoms with Gasteiger partial charge >= 0.3 is 19.5 Å². The van der Waals surface area contributed by atoms with Gasteiger partial charge in [0.2, 0.25) is 0 Å². The number of carbonyl (C=O) groups is 2. The zero-order chi connectivity index (χ0) is 24.4. The molecule has 33 heavy (non-hydrogen) atoms. The summed E-state index contributed by atoms with van der Waals surface area (Å²) in [5.41, 5.74) is 0. The first-order chi connectivity index (χ1) is 15.5. The molecule has 0 aromatic carbocycles. The highest BCUT2D eigenvalue weighted by molar-refractivity contribution is 7.54. The lowest BCUT2D eigenvalue weighted by Crippen LogP contribution is -2.46. The summed E-state index contributed by atoms with van der Waals surface area (Å²) in [5, 5.41) is 1.45. The molecule has 3 aliphatic heterocycles. The van der Waals surface area contributed by atoms with Gasteiger partial charge < -0.3 is 32.7 Å². The van der Waals surface area contributed by atoms with E-state index in [0.29, 0.717) is 6.42 Å². The van der Waals surface area contributed by atoms with Crippen molar-refractivity contribution < 1.29 is 51.7 Å². The van der Waals surface area contributed by atoms with Crippen molar-refractivity contribution in [3.05, 3.63) is 0 Å². The lowest BCUT2D eigenvalue weighted by atomic mass is 10.1. The quantitative estimate of drug-likeness (QED) is 0.324. The Hall–Kier alpha value is -1.11. The van der Waals surface area contributed by atoms with Gasteiger partial charge in [0, 0.05) is 20.3 Å². The van der Waals surface area contributed by atoms with Gasteiger partial charge in [-0.25, -0.2) is 0 Å². The molecule has 3 fully saturated rings. The summed E-state index contributed by atoms with van der Waals surface area (Å²) in [6.07, 6.45) is -3.60. The zero-order valence-electron chi connectivity index (χ0n) is 19.9. The Morgan fingerprint density at radius 2 is 1.73 bits per heavy atom. The van der Waals surface area contributed by atoms with Crippen molar-refractivity contribution in [1.29, 1.82) is 0 Å². The Balaban J connectivity index is 1.89. The van der Waals surface area contributed by atoms with Crippen LogP contribution >= 0.6 is 7.60 Å². The van der Waals surface area contributed by atoms with E-state index in [2.05, 4.69) is 0 Å². The molecule has 13 heteroatoms. The van der Waals surface area contributed by atoms with Crippen LogP contribution in [0.2, 0.25) is 0 Å². The first kappa shape index (κ1) is 26.5. The van der Waals surface area contributed by atoms with Gasteiger partial charge in [0.15, 0.2) is 18.1 Å². The van der Waals surface area contributed by atoms with Crippen LogP contribution in [0.5, 0.6) is 0 Å². The summed E-state index contributed by atoms with van der Waals surface area (Å²) >= 11 is 0. The number of hydrogen-bond donors (Lipinski definition) is 0. The average Bonchev–Trinajstić information content (AvgIpc) is 3.38. The SMILES string of the molecule is CCOP(=O)(OCC)[C@H]1CCON1[C@H]1O[C@H]([C@@H](COC(C)=O)OC(C)=O)[C@@H]2OC(C)(C)O[C@@H]21. The minimum Gasteiger partial charge on any atom is -0.462 e. The van der Waals surface area contributed by atoms with Gasteiger partial charge in [-0.15, -0.1) is 5.06 Å². The molecule has 3 rings (SSSR count). The number of rotatable bonds is 10. The molecule has 3 heterocycles. The molecule has 0 aliphatic carbocycles. The van der Waals surface area contributed by atoms with Gasteiger partial charge in [-0.05, 0) is 27.7 Å². The highest BCUT2D eigenvalue weighted by atomic mass is 31.2. The number of carbonyl (C=O) groups excluding carboxylic acids is 2. The third-order valence-electron chi connectivity index (χ3n) is 5.34. The maximum atomic E-state index is 13.5. The highest BCUT2D eigenvalue weighted by Gasteiger charge is 2.62. The van der Waals surface area contributed by atoms with Gasteiger partial charge in [-0.2, -0.15) is 0 Å². The van der Waals surface area contributed by atoms with Crippen LogP contribution in [0.1, 0.15) is 48.0 Å². The standard InChI is InChI=1S/C20H34NO11P/c1-7-27-33(24,28-8-2)15-9-10-26-21(15)19-18-17(31-20(5,6)32-18)16(30-19)14(29-13(4)23)11-25-12(3)22/h14-19H,7-11H2,1-6H3/t14-,15+,16-,17+,18+,19+/m1/s1. The monoisotopic (exact) mass is 495 g/mol. The first-order valence-corrected chi connectivity index (χ1v) is 12.7. The number of hydroxylamine groups is 2. The predicted molar refractivity (Wildman–Crippen MR) is 112 cm³/mol. The summed E-state index contributed by atoms with van der Waals surface area (Å²) < 4.78 is 53.5. The number of esters is 2. The summed E-state index contributed by atoms with van der Waals surface area (Å²) in [6.45, 7) is 9.93. The Kier molecular flexibility index (Phi) is 8.56. The largest absolute Gasteiger partial charge is 0.462 e. The molecule has 0 unspecified atom stereocenters. The third-order valence-corrected chi connectivity index (χ3v) is 7.80. The van der Waals surface area contributed by atoms with Crippen molar-refractivity contribution in [2.45, 2.75) is 90.2 Å². The van der Waals surface area contributed by atoms with Crippen LogP contribution in [-0.2, 0) is 51.7 Å². The molecule has 0 radical (unpaired) electrons. The molecule has 0 spiro atoms. The molecule has 0 saturated carbocycles. The Bertz CT molecular complexity index is 752. The van der Waals surface area contributed by atoms with Crippen LogP contribution in [0.4, 0.5) is 0 Å². The van der Waals surface area contributed by atoms with Gasteiger partial charge in [0.05, 0.1) is 19.8 Å². The van der Waals surface area contributed by atoms with E-state index in [1.807, 2.05) is 0 Å². The van der Waals surface area contributed by atoms with E-state index < -0.39 is 61.7 Å². The highest BCUT2D eigenvalue weighted by Crippen LogP contribution is 2.58. The fourth-order valence-electron chi connectivity index (χ4n) is 4.31. The molecule has 0 N–H and O–H groups in total. The zero-order valence-corrected chi connectivity index (χ0v) is 20.8. The van der Waals surface area contributed by atoms with Crippen molar-refractivity contribution in [3.8, 4) is 0 Å². The van der Waals surface area contributed by atoms with Crippen molar-refractivity contribution in [2.24, 2.45) is 0 Å². The molecule has 0 amide bonds. The topological polar surface area (TPSA) is 128 Å². The molecular formula is C20H34NO11P. The van der Waals surface area contributed by atoms with Crippen LogP contribution in [0, 0.1) is 0 Å². The number of ether oxygens (including phenoxy) is 5. The maximum absolute atomic E-state index is 13.5. The van der Waals surface area contributed by atoms with Crippen molar-refractivity contribution >= 4 is 19.5 Å². The number of nitrogens with zero attached hydrogens (tertiary/aromatic N) is 1. The molecule has 3 aliphatic rings. The first-order valence-electron chi connectivity index (χ1n) is 11.1. The fraction of sp³-hybridized carbons (Fsp3) is 0.900. The van der Waals surface area contributed by atoms with Gasteiger partial charge in [-0.1, -0.05) is 0 Å². The third kappa shape index (κ3) is 5.94. The summed E-state index contributed by atoms with van der Waals surface area (Å²) in [6, 6.07) is 0. The Morgan fingerprint density at radius 1 is 1.09 bits per heavy atom. The van der Waals surface area contributed by atoms with E-state index >= 15 is 0 Å². The van der Waals surface area contributed by atoms with E-state index in [-0.39, 0.29) is 26.4 Å². The van der Waals surface area contributed by atoms with Crippen molar-refractivity contribution in [1.82, 2.24) is 5.06 Å². The van der Waals surface area contributed by atoms with Crippen molar-refractivity contribution in [3.63, 3.8) is 0 Å². The predicted octanol–water partition coefficient (Wildman–Crippen LogP) is 1.96. The summed E-state index contributed by atoms with van der Waals surface area (Å²) in [4.78, 5) is 28.9. The average molecular weight is 495 g/mol. The second-order valence-corrected chi connectivity index (χ2v) is 10.5. The van der Waals surface area contributed by atoms with Crippen LogP contribution in [0.3, 0.4) is 0 Å². The van der Waals surface area contributed by atoms with E-state index in [1.54, 1.807) is 27.7 Å². The van der Waals surface area contributed by atoms with E-state index in [1.165, 1.54) is 18.9 Å². The van der Waals surface area contributed by atoms with E-state index in [9.17, 15) is 14.2 Å². The maximum Gasteiger partial charge on any atom is 0.350 e. The molecule has 12 nitrogen and oxygen atoms in total. The van der Waals surface area contributed by atoms with Crippen LogP contribution < -0.4 is 0 Å². The minimum atomic E-state index is -3.57. The van der Waals surface area contributed by atoms with Gasteiger partial charge in [0.25, 0.3) is 0 Å². The Morgan fingerprint density at radius 3 is 2.30 bits per heavy atom. The number of hydrogen-bond acceptors (Lipinski definition) is 12. The molecular weight excluding hydrogens is 461 g/mol. The lowest BCUT2D eigenvalue weighted by molar-refractivity contribution is -0.276. The molecule has 3 saturated heterocycles. The molecule has 0 aromatic rings. The smallest absolute Gasteiger partial charge is 0.350 e. The van der Waals surface area contributed by atoms with E-state index in [4.69, 9.17) is 37.6 Å². The van der Waals surface area contributed by atoms with E-state index in [0.717, 1.165) is 0 Å². The normalized spacial score (nSPS) is 32.5. The van der Waals surface area contributed by atoms with Gasteiger partial charge in [-0.3, -0.25) is 19.0 Å². The Labute approximate surface area is 193 Å². The van der Waals surface area contributed by atoms with Crippen LogP contribution in [0.15, 0.2) is 0 Å².